The highest BCUT2D eigenvalue weighted by Gasteiger charge is 2.06. The van der Waals surface area contributed by atoms with Crippen LogP contribution in [0.15, 0.2) is 30.3 Å². The van der Waals surface area contributed by atoms with E-state index in [1.807, 2.05) is 37.4 Å². The standard InChI is InChI=1S/C14H21NO/c1-3-4-10-15(2)12-14(16)11-13-8-6-5-7-9-13/h5-9H,3-4,10-12H2,1-2H3. The third-order valence-corrected chi connectivity index (χ3v) is 2.58. The number of hydrogen-bond donors (Lipinski definition) is 0. The second-order valence-electron chi connectivity index (χ2n) is 4.29. The minimum absolute atomic E-state index is 0.296. The van der Waals surface area contributed by atoms with E-state index >= 15 is 0 Å². The van der Waals surface area contributed by atoms with Crippen LogP contribution in [0.2, 0.25) is 0 Å². The average molecular weight is 219 g/mol. The highest BCUT2D eigenvalue weighted by atomic mass is 16.1. The van der Waals surface area contributed by atoms with Crippen molar-refractivity contribution in [3.8, 4) is 0 Å². The van der Waals surface area contributed by atoms with Crippen LogP contribution < -0.4 is 0 Å². The van der Waals surface area contributed by atoms with Gasteiger partial charge in [0.2, 0.25) is 0 Å². The van der Waals surface area contributed by atoms with Crippen molar-refractivity contribution in [1.82, 2.24) is 4.90 Å². The Morgan fingerprint density at radius 3 is 2.56 bits per heavy atom. The molecule has 2 nitrogen and oxygen atoms in total. The number of carbonyl (C=O) groups is 1. The van der Waals surface area contributed by atoms with Crippen molar-refractivity contribution in [2.45, 2.75) is 26.2 Å². The normalized spacial score (nSPS) is 10.7. The Morgan fingerprint density at radius 1 is 1.25 bits per heavy atom. The number of rotatable bonds is 7. The molecule has 0 aromatic heterocycles. The van der Waals surface area contributed by atoms with Crippen molar-refractivity contribution in [2.75, 3.05) is 20.1 Å². The van der Waals surface area contributed by atoms with Crippen molar-refractivity contribution in [1.29, 1.82) is 0 Å². The fourth-order valence-corrected chi connectivity index (χ4v) is 1.69. The van der Waals surface area contributed by atoms with Gasteiger partial charge in [-0.05, 0) is 25.6 Å². The van der Waals surface area contributed by atoms with Crippen molar-refractivity contribution in [3.63, 3.8) is 0 Å². The summed E-state index contributed by atoms with van der Waals surface area (Å²) in [6, 6.07) is 9.93. The summed E-state index contributed by atoms with van der Waals surface area (Å²) in [6.07, 6.45) is 2.89. The maximum absolute atomic E-state index is 11.7. The van der Waals surface area contributed by atoms with Gasteiger partial charge in [-0.15, -0.1) is 0 Å². The molecule has 1 aromatic rings. The lowest BCUT2D eigenvalue weighted by Gasteiger charge is -2.14. The first-order valence-electron chi connectivity index (χ1n) is 5.96. The molecule has 16 heavy (non-hydrogen) atoms. The molecule has 1 aromatic carbocycles. The zero-order valence-electron chi connectivity index (χ0n) is 10.3. The molecular weight excluding hydrogens is 198 g/mol. The fraction of sp³-hybridized carbons (Fsp3) is 0.500. The molecule has 0 amide bonds. The molecule has 1 rings (SSSR count). The number of unbranched alkanes of at least 4 members (excludes halogenated alkanes) is 1. The molecule has 0 saturated carbocycles. The molecule has 2 heteroatoms. The van der Waals surface area contributed by atoms with Gasteiger partial charge >= 0.3 is 0 Å². The largest absolute Gasteiger partial charge is 0.299 e. The molecule has 0 heterocycles. The molecule has 0 aliphatic rings. The van der Waals surface area contributed by atoms with Crippen LogP contribution in [0, 0.1) is 0 Å². The SMILES string of the molecule is CCCCN(C)CC(=O)Cc1ccccc1. The van der Waals surface area contributed by atoms with Crippen LogP contribution in [0.25, 0.3) is 0 Å². The average Bonchev–Trinajstić information content (AvgIpc) is 2.27. The first kappa shape index (κ1) is 12.9. The third-order valence-electron chi connectivity index (χ3n) is 2.58. The fourth-order valence-electron chi connectivity index (χ4n) is 1.69. The predicted octanol–water partition coefficient (Wildman–Crippen LogP) is 2.53. The smallest absolute Gasteiger partial charge is 0.151 e. The minimum atomic E-state index is 0.296. The monoisotopic (exact) mass is 219 g/mol. The molecule has 0 saturated heterocycles. The van der Waals surface area contributed by atoms with Gasteiger partial charge in [0.05, 0.1) is 6.54 Å². The molecule has 0 radical (unpaired) electrons. The highest BCUT2D eigenvalue weighted by Crippen LogP contribution is 2.01. The van der Waals surface area contributed by atoms with Gasteiger partial charge in [-0.3, -0.25) is 9.69 Å². The zero-order chi connectivity index (χ0) is 11.8. The van der Waals surface area contributed by atoms with Crippen LogP contribution in [0.4, 0.5) is 0 Å². The number of benzene rings is 1. The Labute approximate surface area is 98.3 Å². The molecular formula is C14H21NO. The van der Waals surface area contributed by atoms with E-state index in [1.165, 1.54) is 6.42 Å². The Morgan fingerprint density at radius 2 is 1.94 bits per heavy atom. The van der Waals surface area contributed by atoms with Crippen molar-refractivity contribution < 1.29 is 4.79 Å². The maximum Gasteiger partial charge on any atom is 0.151 e. The molecule has 0 fully saturated rings. The van der Waals surface area contributed by atoms with E-state index in [0.717, 1.165) is 18.5 Å². The Kier molecular flexibility index (Phi) is 5.79. The van der Waals surface area contributed by atoms with Crippen LogP contribution in [-0.4, -0.2) is 30.8 Å². The highest BCUT2D eigenvalue weighted by molar-refractivity contribution is 5.82. The molecule has 0 aliphatic carbocycles. The number of carbonyl (C=O) groups excluding carboxylic acids is 1. The lowest BCUT2D eigenvalue weighted by Crippen LogP contribution is -2.27. The van der Waals surface area contributed by atoms with E-state index in [0.29, 0.717) is 18.7 Å². The quantitative estimate of drug-likeness (QED) is 0.702. The number of likely N-dealkylation sites (N-methyl/N-ethyl adjacent to an activating group) is 1. The summed E-state index contributed by atoms with van der Waals surface area (Å²) < 4.78 is 0. The van der Waals surface area contributed by atoms with Crippen molar-refractivity contribution in [2.24, 2.45) is 0 Å². The van der Waals surface area contributed by atoms with Gasteiger partial charge in [-0.25, -0.2) is 0 Å². The van der Waals surface area contributed by atoms with Crippen molar-refractivity contribution >= 4 is 5.78 Å². The second kappa shape index (κ2) is 7.18. The van der Waals surface area contributed by atoms with Gasteiger partial charge in [0.25, 0.3) is 0 Å². The van der Waals surface area contributed by atoms with Gasteiger partial charge in [0.1, 0.15) is 0 Å². The summed E-state index contributed by atoms with van der Waals surface area (Å²) in [5.41, 5.74) is 1.11. The van der Waals surface area contributed by atoms with Crippen LogP contribution in [0.3, 0.4) is 0 Å². The number of ketones is 1. The second-order valence-corrected chi connectivity index (χ2v) is 4.29. The summed E-state index contributed by atoms with van der Waals surface area (Å²) in [4.78, 5) is 13.9. The molecule has 0 atom stereocenters. The number of nitrogens with zero attached hydrogens (tertiary/aromatic N) is 1. The van der Waals surface area contributed by atoms with Crippen molar-refractivity contribution in [3.05, 3.63) is 35.9 Å². The predicted molar refractivity (Wildman–Crippen MR) is 67.6 cm³/mol. The Hall–Kier alpha value is -1.15. The van der Waals surface area contributed by atoms with E-state index in [4.69, 9.17) is 0 Å². The lowest BCUT2D eigenvalue weighted by atomic mass is 10.1. The summed E-state index contributed by atoms with van der Waals surface area (Å²) in [5.74, 6) is 0.296. The third kappa shape index (κ3) is 5.08. The zero-order valence-corrected chi connectivity index (χ0v) is 10.3. The van der Waals surface area contributed by atoms with Gasteiger partial charge < -0.3 is 0 Å². The molecule has 88 valence electrons. The molecule has 0 N–H and O–H groups in total. The molecule has 0 bridgehead atoms. The van der Waals surface area contributed by atoms with Crippen LogP contribution >= 0.6 is 0 Å². The summed E-state index contributed by atoms with van der Waals surface area (Å²) in [5, 5.41) is 0. The first-order chi connectivity index (χ1) is 7.72. The Bertz CT molecular complexity index is 308. The number of hydrogen-bond acceptors (Lipinski definition) is 2. The molecule has 0 spiro atoms. The van der Waals surface area contributed by atoms with E-state index < -0.39 is 0 Å². The maximum atomic E-state index is 11.7. The number of Topliss-reactive ketones (excluding diaryl/α,β-unsaturated/α-hetero) is 1. The summed E-state index contributed by atoms with van der Waals surface area (Å²) in [6.45, 7) is 3.74. The topological polar surface area (TPSA) is 20.3 Å². The van der Waals surface area contributed by atoms with E-state index in [1.54, 1.807) is 0 Å². The van der Waals surface area contributed by atoms with Gasteiger partial charge in [0.15, 0.2) is 5.78 Å². The van der Waals surface area contributed by atoms with E-state index in [2.05, 4.69) is 11.8 Å². The van der Waals surface area contributed by atoms with Crippen LogP contribution in [0.5, 0.6) is 0 Å². The van der Waals surface area contributed by atoms with Gasteiger partial charge in [0, 0.05) is 6.42 Å². The minimum Gasteiger partial charge on any atom is -0.299 e. The van der Waals surface area contributed by atoms with Crippen LogP contribution in [-0.2, 0) is 11.2 Å². The molecule has 0 aliphatic heterocycles. The summed E-state index contributed by atoms with van der Waals surface area (Å²) in [7, 11) is 2.01. The van der Waals surface area contributed by atoms with Gasteiger partial charge in [-0.2, -0.15) is 0 Å². The summed E-state index contributed by atoms with van der Waals surface area (Å²) >= 11 is 0. The lowest BCUT2D eigenvalue weighted by molar-refractivity contribution is -0.119. The Balaban J connectivity index is 2.31. The van der Waals surface area contributed by atoms with Gasteiger partial charge in [-0.1, -0.05) is 43.7 Å². The van der Waals surface area contributed by atoms with E-state index in [-0.39, 0.29) is 0 Å². The molecule has 0 unspecified atom stereocenters. The first-order valence-corrected chi connectivity index (χ1v) is 5.96. The van der Waals surface area contributed by atoms with E-state index in [9.17, 15) is 4.79 Å². The van der Waals surface area contributed by atoms with Crippen LogP contribution in [0.1, 0.15) is 25.3 Å².